The fourth-order valence-corrected chi connectivity index (χ4v) is 4.60. The van der Waals surface area contributed by atoms with E-state index >= 15 is 0 Å². The zero-order valence-electron chi connectivity index (χ0n) is 24.7. The van der Waals surface area contributed by atoms with Crippen molar-refractivity contribution in [2.45, 2.75) is 46.1 Å². The van der Waals surface area contributed by atoms with Crippen LogP contribution in [-0.2, 0) is 20.8 Å². The van der Waals surface area contributed by atoms with Crippen LogP contribution in [0.2, 0.25) is 0 Å². The van der Waals surface area contributed by atoms with E-state index < -0.39 is 12.0 Å². The Hall–Kier alpha value is -4.51. The fourth-order valence-electron chi connectivity index (χ4n) is 4.60. The monoisotopic (exact) mass is 576 g/mol. The van der Waals surface area contributed by atoms with Crippen LogP contribution >= 0.6 is 0 Å². The summed E-state index contributed by atoms with van der Waals surface area (Å²) in [4.78, 5) is 50.3. The minimum absolute atomic E-state index is 0.117. The molecule has 2 heterocycles. The molecule has 0 spiro atoms. The molecule has 1 fully saturated rings. The summed E-state index contributed by atoms with van der Waals surface area (Å²) in [6.07, 6.45) is 4.47. The molecule has 1 amide bonds. The molecule has 3 aromatic rings. The number of rotatable bonds is 12. The zero-order valence-corrected chi connectivity index (χ0v) is 24.7. The number of aliphatic carboxylic acids is 1. The SMILES string of the molecule is CCN(CC)c1ncc(N(C(C)=O)c2ccccc2)c(NC(Cc2ccc(OC=O)cc2)C(=O)O)n1.CN1CCCC1. The van der Waals surface area contributed by atoms with Crippen molar-refractivity contribution >= 4 is 41.5 Å². The van der Waals surface area contributed by atoms with E-state index in [4.69, 9.17) is 4.74 Å². The third kappa shape index (κ3) is 9.00. The summed E-state index contributed by atoms with van der Waals surface area (Å²) < 4.78 is 4.80. The van der Waals surface area contributed by atoms with Crippen LogP contribution in [0.4, 0.5) is 23.1 Å². The van der Waals surface area contributed by atoms with Gasteiger partial charge in [0.15, 0.2) is 5.82 Å². The van der Waals surface area contributed by atoms with Gasteiger partial charge in [0.25, 0.3) is 6.47 Å². The summed E-state index contributed by atoms with van der Waals surface area (Å²) in [5.74, 6) is -0.371. The first kappa shape index (κ1) is 32.0. The van der Waals surface area contributed by atoms with Gasteiger partial charge in [-0.05, 0) is 76.7 Å². The minimum atomic E-state index is -1.09. The third-order valence-electron chi connectivity index (χ3n) is 6.86. The number of carboxylic acids is 1. The lowest BCUT2D eigenvalue weighted by Gasteiger charge is -2.27. The van der Waals surface area contributed by atoms with E-state index in [9.17, 15) is 19.5 Å². The van der Waals surface area contributed by atoms with Gasteiger partial charge in [0, 0.05) is 32.1 Å². The number of nitrogens with zero attached hydrogens (tertiary/aromatic N) is 5. The average Bonchev–Trinajstić information content (AvgIpc) is 3.47. The number of likely N-dealkylation sites (tertiary alicyclic amines) is 1. The van der Waals surface area contributed by atoms with Crippen LogP contribution in [0.25, 0.3) is 0 Å². The second-order valence-electron chi connectivity index (χ2n) is 9.87. The molecule has 1 saturated heterocycles. The molecule has 224 valence electrons. The van der Waals surface area contributed by atoms with Gasteiger partial charge in [-0.25, -0.2) is 9.78 Å². The summed E-state index contributed by atoms with van der Waals surface area (Å²) in [6, 6.07) is 14.5. The fraction of sp³-hybridized carbons (Fsp3) is 0.387. The Morgan fingerprint density at radius 3 is 2.21 bits per heavy atom. The lowest BCUT2D eigenvalue weighted by Crippen LogP contribution is -2.34. The molecule has 0 radical (unpaired) electrons. The van der Waals surface area contributed by atoms with E-state index in [0.717, 1.165) is 0 Å². The Morgan fingerprint density at radius 2 is 1.71 bits per heavy atom. The number of anilines is 4. The summed E-state index contributed by atoms with van der Waals surface area (Å²) in [7, 11) is 2.17. The number of aromatic nitrogens is 2. The highest BCUT2D eigenvalue weighted by Crippen LogP contribution is 2.32. The summed E-state index contributed by atoms with van der Waals surface area (Å²) in [5.41, 5.74) is 1.65. The number of benzene rings is 2. The topological polar surface area (TPSA) is 128 Å². The molecule has 11 nitrogen and oxygen atoms in total. The molecule has 0 saturated carbocycles. The molecule has 1 aliphatic rings. The smallest absolute Gasteiger partial charge is 0.326 e. The van der Waals surface area contributed by atoms with Crippen LogP contribution in [0.15, 0.2) is 60.8 Å². The van der Waals surface area contributed by atoms with Gasteiger partial charge in [-0.2, -0.15) is 4.98 Å². The number of amides is 1. The Kier molecular flexibility index (Phi) is 12.2. The van der Waals surface area contributed by atoms with Crippen LogP contribution in [0.5, 0.6) is 5.75 Å². The number of hydrogen-bond acceptors (Lipinski definition) is 9. The van der Waals surface area contributed by atoms with E-state index in [1.807, 2.05) is 36.9 Å². The third-order valence-corrected chi connectivity index (χ3v) is 6.86. The first-order valence-electron chi connectivity index (χ1n) is 14.1. The molecule has 2 N–H and O–H groups in total. The van der Waals surface area contributed by atoms with Gasteiger partial charge in [0.05, 0.1) is 6.20 Å². The molecule has 0 bridgehead atoms. The summed E-state index contributed by atoms with van der Waals surface area (Å²) in [6.45, 7) is 9.64. The van der Waals surface area contributed by atoms with Gasteiger partial charge in [0.2, 0.25) is 11.9 Å². The lowest BCUT2D eigenvalue weighted by atomic mass is 10.1. The van der Waals surface area contributed by atoms with Crippen LogP contribution in [-0.4, -0.2) is 77.6 Å². The Labute approximate surface area is 247 Å². The van der Waals surface area contributed by atoms with Gasteiger partial charge in [-0.3, -0.25) is 14.5 Å². The predicted octanol–water partition coefficient (Wildman–Crippen LogP) is 4.36. The van der Waals surface area contributed by atoms with Crippen molar-refractivity contribution in [3.8, 4) is 5.75 Å². The lowest BCUT2D eigenvalue weighted by molar-refractivity contribution is -0.137. The van der Waals surface area contributed by atoms with E-state index in [1.165, 1.54) is 44.0 Å². The number of carbonyl (C=O) groups excluding carboxylic acids is 2. The zero-order chi connectivity index (χ0) is 30.5. The van der Waals surface area contributed by atoms with Crippen molar-refractivity contribution in [1.82, 2.24) is 14.9 Å². The van der Waals surface area contributed by atoms with Crippen molar-refractivity contribution in [3.63, 3.8) is 0 Å². The number of carboxylic acid groups (broad SMARTS) is 1. The maximum Gasteiger partial charge on any atom is 0.326 e. The van der Waals surface area contributed by atoms with Crippen LogP contribution in [0, 0.1) is 0 Å². The van der Waals surface area contributed by atoms with Crippen molar-refractivity contribution in [3.05, 3.63) is 66.4 Å². The molecule has 4 rings (SSSR count). The van der Waals surface area contributed by atoms with E-state index in [1.54, 1.807) is 36.4 Å². The first-order chi connectivity index (χ1) is 20.3. The number of ether oxygens (including phenoxy) is 1. The Morgan fingerprint density at radius 1 is 1.07 bits per heavy atom. The van der Waals surface area contributed by atoms with Gasteiger partial charge >= 0.3 is 5.97 Å². The van der Waals surface area contributed by atoms with Gasteiger partial charge in [-0.15, -0.1) is 0 Å². The molecular weight excluding hydrogens is 536 g/mol. The first-order valence-corrected chi connectivity index (χ1v) is 14.1. The van der Waals surface area contributed by atoms with Crippen LogP contribution in [0.3, 0.4) is 0 Å². The summed E-state index contributed by atoms with van der Waals surface area (Å²) >= 11 is 0. The largest absolute Gasteiger partial charge is 0.480 e. The average molecular weight is 577 g/mol. The van der Waals surface area contributed by atoms with Crippen molar-refractivity contribution in [1.29, 1.82) is 0 Å². The molecular formula is C31H40N6O5. The highest BCUT2D eigenvalue weighted by Gasteiger charge is 2.25. The Bertz CT molecular complexity index is 1290. The molecule has 1 aliphatic heterocycles. The second-order valence-corrected chi connectivity index (χ2v) is 9.87. The summed E-state index contributed by atoms with van der Waals surface area (Å²) in [5, 5.41) is 13.0. The maximum absolute atomic E-state index is 12.7. The maximum atomic E-state index is 12.7. The molecule has 11 heteroatoms. The standard InChI is InChI=1S/C26H29N5O5.C5H11N/c1-4-30(5-2)26-27-16-23(31(18(3)33)20-9-7-6-8-10-20)24(29-26)28-22(25(34)35)15-19-11-13-21(14-12-19)36-17-32;1-6-4-2-3-5-6/h6-14,16-17,22H,4-5,15H2,1-3H3,(H,34,35)(H,27,28,29);2-5H2,1H3. The molecule has 1 aromatic heterocycles. The number of para-hydroxylation sites is 1. The molecule has 42 heavy (non-hydrogen) atoms. The van der Waals surface area contributed by atoms with Crippen molar-refractivity contribution in [2.24, 2.45) is 0 Å². The highest BCUT2D eigenvalue weighted by molar-refractivity contribution is 6.01. The van der Waals surface area contributed by atoms with Gasteiger partial charge in [-0.1, -0.05) is 30.3 Å². The van der Waals surface area contributed by atoms with Crippen molar-refractivity contribution < 1.29 is 24.2 Å². The van der Waals surface area contributed by atoms with Gasteiger partial charge < -0.3 is 25.0 Å². The van der Waals surface area contributed by atoms with Gasteiger partial charge in [0.1, 0.15) is 17.5 Å². The number of carbonyl (C=O) groups is 3. The van der Waals surface area contributed by atoms with E-state index in [0.29, 0.717) is 48.2 Å². The quantitative estimate of drug-likeness (QED) is 0.300. The Balaban J connectivity index is 0.000000715. The predicted molar refractivity (Wildman–Crippen MR) is 163 cm³/mol. The minimum Gasteiger partial charge on any atom is -0.480 e. The van der Waals surface area contributed by atoms with Crippen LogP contribution < -0.4 is 19.9 Å². The molecule has 1 atom stereocenters. The molecule has 2 aromatic carbocycles. The highest BCUT2D eigenvalue weighted by atomic mass is 16.5. The number of hydrogen-bond donors (Lipinski definition) is 2. The molecule has 0 aliphatic carbocycles. The van der Waals surface area contributed by atoms with E-state index in [-0.39, 0.29) is 18.1 Å². The van der Waals surface area contributed by atoms with E-state index in [2.05, 4.69) is 27.2 Å². The van der Waals surface area contributed by atoms with Crippen LogP contribution in [0.1, 0.15) is 39.2 Å². The normalized spacial score (nSPS) is 13.3. The van der Waals surface area contributed by atoms with Crippen molar-refractivity contribution in [2.75, 3.05) is 48.3 Å². The molecule has 1 unspecified atom stereocenters. The number of nitrogens with one attached hydrogen (secondary N) is 1. The second kappa shape index (κ2) is 16.1.